The first-order valence-corrected chi connectivity index (χ1v) is 11.7. The van der Waals surface area contributed by atoms with Gasteiger partial charge in [0, 0.05) is 40.6 Å². The van der Waals surface area contributed by atoms with Gasteiger partial charge in [-0.3, -0.25) is 9.78 Å². The topological polar surface area (TPSA) is 58.1 Å². The Bertz CT molecular complexity index is 1200. The molecule has 168 valence electrons. The Morgan fingerprint density at radius 3 is 2.45 bits per heavy atom. The summed E-state index contributed by atoms with van der Waals surface area (Å²) in [5.41, 5.74) is 3.32. The lowest BCUT2D eigenvalue weighted by molar-refractivity contribution is -0.122. The number of pyridine rings is 1. The van der Waals surface area contributed by atoms with Crippen LogP contribution in [0, 0.1) is 5.82 Å². The molecule has 4 rings (SSSR count). The van der Waals surface area contributed by atoms with Crippen LogP contribution in [-0.2, 0) is 11.3 Å². The molecule has 2 heterocycles. The number of nitrogens with zero attached hydrogens (tertiary/aromatic N) is 3. The summed E-state index contributed by atoms with van der Waals surface area (Å²) >= 11 is 7.54. The molecule has 0 aliphatic rings. The van der Waals surface area contributed by atoms with Gasteiger partial charge in [0.2, 0.25) is 5.91 Å². The average Bonchev–Trinajstić information content (AvgIpc) is 3.32. The van der Waals surface area contributed by atoms with Crippen LogP contribution in [0.3, 0.4) is 0 Å². The third-order valence-corrected chi connectivity index (χ3v) is 6.25. The Kier molecular flexibility index (Phi) is 7.32. The minimum Gasteiger partial charge on any atom is -0.350 e. The molecule has 1 unspecified atom stereocenters. The summed E-state index contributed by atoms with van der Waals surface area (Å²) in [5, 5.41) is 6.22. The van der Waals surface area contributed by atoms with Crippen molar-refractivity contribution in [1.29, 1.82) is 0 Å². The van der Waals surface area contributed by atoms with Crippen LogP contribution in [0.25, 0.3) is 11.3 Å². The molecule has 1 N–H and O–H groups in total. The van der Waals surface area contributed by atoms with E-state index in [0.717, 1.165) is 22.5 Å². The molecule has 2 aromatic heterocycles. The molecule has 33 heavy (non-hydrogen) atoms. The summed E-state index contributed by atoms with van der Waals surface area (Å²) in [5.74, 6) is -0.406. The molecule has 1 amide bonds. The van der Waals surface area contributed by atoms with E-state index in [-0.39, 0.29) is 11.7 Å². The van der Waals surface area contributed by atoms with Crippen molar-refractivity contribution in [2.45, 2.75) is 25.9 Å². The van der Waals surface area contributed by atoms with Gasteiger partial charge in [-0.2, -0.15) is 0 Å². The fourth-order valence-electron chi connectivity index (χ4n) is 3.45. The lowest BCUT2D eigenvalue weighted by Gasteiger charge is -2.30. The molecular formula is C25H22ClFN4OS. The van der Waals surface area contributed by atoms with Crippen LogP contribution in [0.4, 0.5) is 15.2 Å². The zero-order valence-electron chi connectivity index (χ0n) is 17.9. The van der Waals surface area contributed by atoms with Crippen molar-refractivity contribution in [3.63, 3.8) is 0 Å². The number of carbonyl (C=O) groups is 1. The number of benzene rings is 2. The number of hydrogen-bond donors (Lipinski definition) is 1. The number of hydrogen-bond acceptors (Lipinski definition) is 5. The van der Waals surface area contributed by atoms with Crippen LogP contribution in [0.1, 0.15) is 18.9 Å². The van der Waals surface area contributed by atoms with Crippen molar-refractivity contribution >= 4 is 39.7 Å². The molecule has 1 atom stereocenters. The molecule has 0 saturated carbocycles. The van der Waals surface area contributed by atoms with Gasteiger partial charge in [-0.25, -0.2) is 9.37 Å². The van der Waals surface area contributed by atoms with Gasteiger partial charge in [0.15, 0.2) is 5.13 Å². The molecule has 2 aromatic carbocycles. The first kappa shape index (κ1) is 22.9. The number of rotatable bonds is 8. The van der Waals surface area contributed by atoms with E-state index in [1.54, 1.807) is 36.7 Å². The molecule has 4 aromatic rings. The van der Waals surface area contributed by atoms with E-state index in [1.807, 2.05) is 41.5 Å². The van der Waals surface area contributed by atoms with E-state index < -0.39 is 6.04 Å². The lowest BCUT2D eigenvalue weighted by Crippen LogP contribution is -2.44. The highest BCUT2D eigenvalue weighted by Crippen LogP contribution is 2.35. The standard InChI is InChI=1S/C25H22ClFN4OS/c1-2-23(24(32)29-15-17-11-13-28-14-12-17)31(21-9-5-19(26)6-10-21)25-30-22(16-33-25)18-3-7-20(27)8-4-18/h3-14,16,23H,2,15H2,1H3,(H,29,32). The zero-order chi connectivity index (χ0) is 23.2. The van der Waals surface area contributed by atoms with Crippen LogP contribution < -0.4 is 10.2 Å². The monoisotopic (exact) mass is 480 g/mol. The summed E-state index contributed by atoms with van der Waals surface area (Å²) in [6.07, 6.45) is 3.97. The Labute approximate surface area is 200 Å². The van der Waals surface area contributed by atoms with Gasteiger partial charge in [-0.1, -0.05) is 18.5 Å². The van der Waals surface area contributed by atoms with E-state index >= 15 is 0 Å². The van der Waals surface area contributed by atoms with Crippen molar-refractivity contribution in [3.05, 3.63) is 94.8 Å². The summed E-state index contributed by atoms with van der Waals surface area (Å²) in [6, 6.07) is 16.8. The Hall–Kier alpha value is -3.29. The summed E-state index contributed by atoms with van der Waals surface area (Å²) in [7, 11) is 0. The number of anilines is 2. The Balaban J connectivity index is 1.65. The molecule has 0 spiro atoms. The summed E-state index contributed by atoms with van der Waals surface area (Å²) in [4.78, 5) is 24.0. The predicted octanol–water partition coefficient (Wildman–Crippen LogP) is 6.23. The molecule has 0 fully saturated rings. The molecule has 0 aliphatic heterocycles. The van der Waals surface area contributed by atoms with Crippen molar-refractivity contribution < 1.29 is 9.18 Å². The highest BCUT2D eigenvalue weighted by molar-refractivity contribution is 7.14. The van der Waals surface area contributed by atoms with Gasteiger partial charge in [-0.05, 0) is 72.6 Å². The Morgan fingerprint density at radius 2 is 1.79 bits per heavy atom. The van der Waals surface area contributed by atoms with Crippen molar-refractivity contribution in [1.82, 2.24) is 15.3 Å². The number of amides is 1. The van der Waals surface area contributed by atoms with E-state index in [4.69, 9.17) is 16.6 Å². The maximum absolute atomic E-state index is 13.3. The van der Waals surface area contributed by atoms with Gasteiger partial charge < -0.3 is 10.2 Å². The largest absolute Gasteiger partial charge is 0.350 e. The van der Waals surface area contributed by atoms with E-state index in [0.29, 0.717) is 23.1 Å². The molecule has 0 bridgehead atoms. The number of thiazole rings is 1. The van der Waals surface area contributed by atoms with Gasteiger partial charge in [0.1, 0.15) is 11.9 Å². The van der Waals surface area contributed by atoms with Crippen LogP contribution >= 0.6 is 22.9 Å². The van der Waals surface area contributed by atoms with Gasteiger partial charge in [0.25, 0.3) is 0 Å². The quantitative estimate of drug-likeness (QED) is 0.324. The summed E-state index contributed by atoms with van der Waals surface area (Å²) < 4.78 is 13.3. The van der Waals surface area contributed by atoms with Gasteiger partial charge in [-0.15, -0.1) is 11.3 Å². The SMILES string of the molecule is CCC(C(=O)NCc1ccncc1)N(c1ccc(Cl)cc1)c1nc(-c2ccc(F)cc2)cs1. The molecule has 5 nitrogen and oxygen atoms in total. The lowest BCUT2D eigenvalue weighted by atomic mass is 10.1. The highest BCUT2D eigenvalue weighted by Gasteiger charge is 2.28. The molecule has 0 radical (unpaired) electrons. The normalized spacial score (nSPS) is 11.7. The Morgan fingerprint density at radius 1 is 1.09 bits per heavy atom. The second-order valence-electron chi connectivity index (χ2n) is 7.37. The molecule has 0 aliphatic carbocycles. The number of aromatic nitrogens is 2. The smallest absolute Gasteiger partial charge is 0.243 e. The van der Waals surface area contributed by atoms with Gasteiger partial charge in [0.05, 0.1) is 5.69 Å². The summed E-state index contributed by atoms with van der Waals surface area (Å²) in [6.45, 7) is 2.37. The number of halogens is 2. The maximum Gasteiger partial charge on any atom is 0.243 e. The zero-order valence-corrected chi connectivity index (χ0v) is 19.5. The van der Waals surface area contributed by atoms with E-state index in [9.17, 15) is 9.18 Å². The number of nitrogens with one attached hydrogen (secondary N) is 1. The maximum atomic E-state index is 13.3. The average molecular weight is 481 g/mol. The first-order valence-electron chi connectivity index (χ1n) is 10.5. The first-order chi connectivity index (χ1) is 16.0. The van der Waals surface area contributed by atoms with Crippen molar-refractivity contribution in [3.8, 4) is 11.3 Å². The van der Waals surface area contributed by atoms with Crippen molar-refractivity contribution in [2.75, 3.05) is 4.90 Å². The second-order valence-corrected chi connectivity index (χ2v) is 8.64. The third-order valence-electron chi connectivity index (χ3n) is 5.16. The highest BCUT2D eigenvalue weighted by atomic mass is 35.5. The fraction of sp³-hybridized carbons (Fsp3) is 0.160. The van der Waals surface area contributed by atoms with E-state index in [1.165, 1.54) is 23.5 Å². The third kappa shape index (κ3) is 5.56. The van der Waals surface area contributed by atoms with Gasteiger partial charge >= 0.3 is 0 Å². The molecular weight excluding hydrogens is 459 g/mol. The predicted molar refractivity (Wildman–Crippen MR) is 131 cm³/mol. The van der Waals surface area contributed by atoms with Crippen molar-refractivity contribution in [2.24, 2.45) is 0 Å². The number of carbonyl (C=O) groups excluding carboxylic acids is 1. The molecule has 8 heteroatoms. The van der Waals surface area contributed by atoms with E-state index in [2.05, 4.69) is 10.3 Å². The minimum absolute atomic E-state index is 0.109. The second kappa shape index (κ2) is 10.6. The van der Waals surface area contributed by atoms with Crippen LogP contribution in [0.5, 0.6) is 0 Å². The minimum atomic E-state index is -0.486. The van der Waals surface area contributed by atoms with Crippen LogP contribution in [0.2, 0.25) is 5.02 Å². The fourth-order valence-corrected chi connectivity index (χ4v) is 4.48. The molecule has 0 saturated heterocycles. The van der Waals surface area contributed by atoms with Crippen LogP contribution in [-0.4, -0.2) is 21.9 Å². The van der Waals surface area contributed by atoms with Crippen LogP contribution in [0.15, 0.2) is 78.4 Å².